The lowest BCUT2D eigenvalue weighted by Gasteiger charge is -2.22. The Bertz CT molecular complexity index is 315. The van der Waals surface area contributed by atoms with Crippen LogP contribution in [0, 0.1) is 0 Å². The Labute approximate surface area is 69.2 Å². The first kappa shape index (κ1) is 7.02. The van der Waals surface area contributed by atoms with E-state index >= 15 is 0 Å². The molecule has 0 atom stereocenters. The molecule has 0 aromatic carbocycles. The van der Waals surface area contributed by atoms with Gasteiger partial charge >= 0.3 is 6.03 Å². The average Bonchev–Trinajstić information content (AvgIpc) is 2.49. The number of azo groups is 1. The Morgan fingerprint density at radius 1 is 1.67 bits per heavy atom. The Hall–Kier alpha value is -1.65. The zero-order valence-electron chi connectivity index (χ0n) is 6.40. The predicted molar refractivity (Wildman–Crippen MR) is 42.2 cm³/mol. The lowest BCUT2D eigenvalue weighted by molar-refractivity contribution is 0.216. The zero-order valence-corrected chi connectivity index (χ0v) is 6.40. The maximum Gasteiger partial charge on any atom is 0.315 e. The number of hydrogen-bond acceptors (Lipinski definition) is 3. The molecular formula is C7H8N4O. The van der Waals surface area contributed by atoms with Gasteiger partial charge in [0.15, 0.2) is 0 Å². The zero-order chi connectivity index (χ0) is 8.55. The third-order valence-corrected chi connectivity index (χ3v) is 1.89. The van der Waals surface area contributed by atoms with E-state index in [0.717, 1.165) is 11.3 Å². The molecule has 0 saturated carbocycles. The van der Waals surface area contributed by atoms with Crippen molar-refractivity contribution in [2.75, 3.05) is 13.1 Å². The van der Waals surface area contributed by atoms with Crippen LogP contribution in [0.25, 0.3) is 0 Å². The van der Waals surface area contributed by atoms with E-state index < -0.39 is 6.03 Å². The molecule has 0 saturated heterocycles. The van der Waals surface area contributed by atoms with Crippen LogP contribution in [0.5, 0.6) is 0 Å². The summed E-state index contributed by atoms with van der Waals surface area (Å²) < 4.78 is 0. The largest absolute Gasteiger partial charge is 0.351 e. The quantitative estimate of drug-likeness (QED) is 0.560. The summed E-state index contributed by atoms with van der Waals surface area (Å²) >= 11 is 0. The van der Waals surface area contributed by atoms with Crippen molar-refractivity contribution in [2.45, 2.75) is 0 Å². The van der Waals surface area contributed by atoms with Gasteiger partial charge < -0.3 is 10.6 Å². The summed E-state index contributed by atoms with van der Waals surface area (Å²) in [6.45, 7) is 1.05. The normalized spacial score (nSPS) is 20.2. The third-order valence-electron chi connectivity index (χ3n) is 1.89. The van der Waals surface area contributed by atoms with Crippen molar-refractivity contribution in [1.82, 2.24) is 4.90 Å². The van der Waals surface area contributed by atoms with Gasteiger partial charge in [-0.05, 0) is 6.08 Å². The highest BCUT2D eigenvalue weighted by Gasteiger charge is 2.20. The minimum absolute atomic E-state index is 0.405. The van der Waals surface area contributed by atoms with Gasteiger partial charge in [0.05, 0.1) is 18.4 Å². The Kier molecular flexibility index (Phi) is 1.43. The molecule has 0 spiro atoms. The van der Waals surface area contributed by atoms with Crippen molar-refractivity contribution in [3.63, 3.8) is 0 Å². The first-order valence-corrected chi connectivity index (χ1v) is 3.62. The van der Waals surface area contributed by atoms with Crippen molar-refractivity contribution in [3.05, 3.63) is 23.5 Å². The van der Waals surface area contributed by atoms with Gasteiger partial charge in [0.1, 0.15) is 0 Å². The van der Waals surface area contributed by atoms with Gasteiger partial charge in [-0.1, -0.05) is 0 Å². The summed E-state index contributed by atoms with van der Waals surface area (Å²) in [6, 6.07) is -0.405. The van der Waals surface area contributed by atoms with E-state index in [4.69, 9.17) is 5.73 Å². The molecule has 0 aromatic heterocycles. The van der Waals surface area contributed by atoms with Gasteiger partial charge in [-0.2, -0.15) is 10.2 Å². The van der Waals surface area contributed by atoms with Crippen molar-refractivity contribution < 1.29 is 4.79 Å². The van der Waals surface area contributed by atoms with E-state index in [1.165, 1.54) is 4.90 Å². The van der Waals surface area contributed by atoms with Crippen LogP contribution in [0.4, 0.5) is 4.79 Å². The Morgan fingerprint density at radius 2 is 2.50 bits per heavy atom. The second-order valence-corrected chi connectivity index (χ2v) is 2.68. The monoisotopic (exact) mass is 164 g/mol. The van der Waals surface area contributed by atoms with E-state index in [1.54, 1.807) is 6.20 Å². The summed E-state index contributed by atoms with van der Waals surface area (Å²) in [5.74, 6) is 0. The highest BCUT2D eigenvalue weighted by atomic mass is 16.2. The second kappa shape index (κ2) is 2.44. The molecule has 62 valence electrons. The molecule has 0 bridgehead atoms. The Balaban J connectivity index is 2.21. The van der Waals surface area contributed by atoms with Crippen LogP contribution < -0.4 is 5.73 Å². The lowest BCUT2D eigenvalue weighted by atomic mass is 10.1. The molecule has 2 rings (SSSR count). The number of carbonyl (C=O) groups is 1. The number of rotatable bonds is 0. The number of urea groups is 1. The summed E-state index contributed by atoms with van der Waals surface area (Å²) in [6.07, 6.45) is 3.50. The molecule has 0 fully saturated rings. The lowest BCUT2D eigenvalue weighted by Crippen LogP contribution is -2.39. The molecule has 2 amide bonds. The number of amides is 2. The fourth-order valence-corrected chi connectivity index (χ4v) is 1.22. The smallest absolute Gasteiger partial charge is 0.315 e. The minimum Gasteiger partial charge on any atom is -0.351 e. The number of hydrogen-bond donors (Lipinski definition) is 1. The average molecular weight is 164 g/mol. The van der Waals surface area contributed by atoms with Crippen LogP contribution in [0.2, 0.25) is 0 Å². The van der Waals surface area contributed by atoms with Gasteiger partial charge in [-0.3, -0.25) is 0 Å². The van der Waals surface area contributed by atoms with Crippen molar-refractivity contribution in [1.29, 1.82) is 0 Å². The van der Waals surface area contributed by atoms with Crippen LogP contribution in [-0.4, -0.2) is 24.0 Å². The van der Waals surface area contributed by atoms with Crippen molar-refractivity contribution in [3.8, 4) is 0 Å². The molecule has 2 N–H and O–H groups in total. The maximum atomic E-state index is 10.8. The summed E-state index contributed by atoms with van der Waals surface area (Å²) in [5, 5.41) is 7.60. The van der Waals surface area contributed by atoms with Crippen molar-refractivity contribution in [2.24, 2.45) is 16.0 Å². The van der Waals surface area contributed by atoms with Gasteiger partial charge in [0.2, 0.25) is 0 Å². The standard InChI is InChI=1S/C7H8N4O/c8-7(12)11-2-1-6-5(4-11)3-9-10-6/h1,3H,2,4H2,(H2,8,12). The van der Waals surface area contributed by atoms with Gasteiger partial charge in [0.25, 0.3) is 0 Å². The molecule has 12 heavy (non-hydrogen) atoms. The molecule has 2 aliphatic rings. The molecule has 0 aromatic rings. The number of fused-ring (bicyclic) bond motifs is 1. The van der Waals surface area contributed by atoms with E-state index in [0.29, 0.717) is 13.1 Å². The Morgan fingerprint density at radius 3 is 3.25 bits per heavy atom. The molecule has 2 heterocycles. The van der Waals surface area contributed by atoms with Crippen LogP contribution >= 0.6 is 0 Å². The minimum atomic E-state index is -0.405. The molecule has 0 unspecified atom stereocenters. The van der Waals surface area contributed by atoms with E-state index in [2.05, 4.69) is 10.2 Å². The van der Waals surface area contributed by atoms with Crippen LogP contribution in [0.3, 0.4) is 0 Å². The molecule has 0 aliphatic carbocycles. The summed E-state index contributed by atoms with van der Waals surface area (Å²) in [4.78, 5) is 12.3. The second-order valence-electron chi connectivity index (χ2n) is 2.68. The number of carbonyl (C=O) groups excluding carboxylic acids is 1. The summed E-state index contributed by atoms with van der Waals surface area (Å²) in [5.41, 5.74) is 6.95. The topological polar surface area (TPSA) is 71.1 Å². The SMILES string of the molecule is NC(=O)N1CC=C2N=NC=C2C1. The first-order valence-electron chi connectivity index (χ1n) is 3.62. The van der Waals surface area contributed by atoms with Crippen molar-refractivity contribution >= 4 is 6.03 Å². The van der Waals surface area contributed by atoms with Gasteiger partial charge in [-0.15, -0.1) is 0 Å². The van der Waals surface area contributed by atoms with Crippen LogP contribution in [0.1, 0.15) is 0 Å². The van der Waals surface area contributed by atoms with Gasteiger partial charge in [0, 0.05) is 12.1 Å². The maximum absolute atomic E-state index is 10.8. The predicted octanol–water partition coefficient (Wildman–Crippen LogP) is 0.614. The summed E-state index contributed by atoms with van der Waals surface area (Å²) in [7, 11) is 0. The van der Waals surface area contributed by atoms with Crippen LogP contribution in [0.15, 0.2) is 33.8 Å². The van der Waals surface area contributed by atoms with E-state index in [9.17, 15) is 4.79 Å². The number of nitrogens with two attached hydrogens (primary N) is 1. The molecule has 2 aliphatic heterocycles. The highest BCUT2D eigenvalue weighted by molar-refractivity contribution is 5.73. The number of primary amides is 1. The van der Waals surface area contributed by atoms with E-state index in [-0.39, 0.29) is 0 Å². The van der Waals surface area contributed by atoms with E-state index in [1.807, 2.05) is 6.08 Å². The fraction of sp³-hybridized carbons (Fsp3) is 0.286. The third kappa shape index (κ3) is 0.990. The number of nitrogens with zero attached hydrogens (tertiary/aromatic N) is 3. The molecule has 5 nitrogen and oxygen atoms in total. The molecule has 5 heteroatoms. The molecular weight excluding hydrogens is 156 g/mol. The van der Waals surface area contributed by atoms with Crippen LogP contribution in [-0.2, 0) is 0 Å². The molecule has 0 radical (unpaired) electrons. The first-order chi connectivity index (χ1) is 5.77. The fourth-order valence-electron chi connectivity index (χ4n) is 1.22. The van der Waals surface area contributed by atoms with Gasteiger partial charge in [-0.25, -0.2) is 4.79 Å². The highest BCUT2D eigenvalue weighted by Crippen LogP contribution is 2.23.